The molecule has 0 saturated carbocycles. The Morgan fingerprint density at radius 2 is 1.73 bits per heavy atom. The van der Waals surface area contributed by atoms with Crippen molar-refractivity contribution in [2.45, 2.75) is 32.1 Å². The highest BCUT2D eigenvalue weighted by Gasteiger charge is 2.38. The van der Waals surface area contributed by atoms with E-state index in [4.69, 9.17) is 15.6 Å². The fourth-order valence-corrected chi connectivity index (χ4v) is 2.36. The molecule has 10 heteroatoms. The van der Waals surface area contributed by atoms with Gasteiger partial charge in [-0.1, -0.05) is 31.2 Å². The predicted molar refractivity (Wildman–Crippen MR) is 84.0 cm³/mol. The first-order chi connectivity index (χ1) is 12.0. The highest BCUT2D eigenvalue weighted by Crippen LogP contribution is 2.24. The topological polar surface area (TPSA) is 121 Å². The predicted octanol–water partition coefficient (Wildman–Crippen LogP) is 1.25. The van der Waals surface area contributed by atoms with Crippen molar-refractivity contribution < 1.29 is 37.8 Å². The molecule has 0 saturated heterocycles. The minimum atomic E-state index is -5.08. The third-order valence-corrected chi connectivity index (χ3v) is 3.83. The number of nitrogens with zero attached hydrogens (tertiary/aromatic N) is 1. The second-order valence-electron chi connectivity index (χ2n) is 5.73. The van der Waals surface area contributed by atoms with E-state index in [2.05, 4.69) is 0 Å². The number of benzene rings is 1. The summed E-state index contributed by atoms with van der Waals surface area (Å²) in [5, 5.41) is 16.4. The molecule has 0 bridgehead atoms. The van der Waals surface area contributed by atoms with Crippen LogP contribution in [0, 0.1) is 5.92 Å². The van der Waals surface area contributed by atoms with Gasteiger partial charge in [0, 0.05) is 25.4 Å². The number of hydrogen-bond donors (Lipinski definition) is 3. The molecule has 0 radical (unpaired) electrons. The van der Waals surface area contributed by atoms with Crippen LogP contribution in [-0.4, -0.2) is 51.7 Å². The Hall–Kier alpha value is -2.62. The number of carbonyl (C=O) groups is 3. The van der Waals surface area contributed by atoms with Crippen LogP contribution in [0.2, 0.25) is 0 Å². The van der Waals surface area contributed by atoms with Crippen LogP contribution in [0.1, 0.15) is 18.1 Å². The molecule has 7 nitrogen and oxygen atoms in total. The molecule has 1 aliphatic heterocycles. The Bertz CT molecular complexity index is 678. The third kappa shape index (κ3) is 5.45. The van der Waals surface area contributed by atoms with Crippen molar-refractivity contribution in [1.29, 1.82) is 0 Å². The average molecular weight is 376 g/mol. The summed E-state index contributed by atoms with van der Waals surface area (Å²) in [6.45, 7) is 2.29. The highest BCUT2D eigenvalue weighted by atomic mass is 19.4. The molecule has 0 fully saturated rings. The summed E-state index contributed by atoms with van der Waals surface area (Å²) >= 11 is 0. The van der Waals surface area contributed by atoms with Crippen molar-refractivity contribution >= 4 is 17.8 Å². The summed E-state index contributed by atoms with van der Waals surface area (Å²) in [4.78, 5) is 33.9. The number of carboxylic acid groups (broad SMARTS) is 2. The van der Waals surface area contributed by atoms with Gasteiger partial charge in [-0.25, -0.2) is 9.59 Å². The van der Waals surface area contributed by atoms with Gasteiger partial charge in [0.05, 0.1) is 0 Å². The number of amides is 1. The van der Waals surface area contributed by atoms with Gasteiger partial charge in [0.25, 0.3) is 0 Å². The van der Waals surface area contributed by atoms with E-state index in [-0.39, 0.29) is 18.4 Å². The fraction of sp³-hybridized carbons (Fsp3) is 0.438. The van der Waals surface area contributed by atoms with Crippen molar-refractivity contribution in [3.05, 3.63) is 35.4 Å². The van der Waals surface area contributed by atoms with Crippen LogP contribution < -0.4 is 5.73 Å². The quantitative estimate of drug-likeness (QED) is 0.730. The molecule has 1 aliphatic rings. The standard InChI is InChI=1S/C14H18N2O3.C2HF3O2/c1-9(7-15)13(17)16-8-11-5-3-2-4-10(11)6-12(16)14(18)19;3-2(4,5)1(6)7/h2-5,9,12H,6-8,15H2,1H3,(H,18,19);(H,6,7)/t9?,12-;/m0./s1. The van der Waals surface area contributed by atoms with Crippen molar-refractivity contribution in [2.75, 3.05) is 6.54 Å². The van der Waals surface area contributed by atoms with Crippen LogP contribution in [0.15, 0.2) is 24.3 Å². The number of rotatable bonds is 3. The molecule has 2 rings (SSSR count). The maximum absolute atomic E-state index is 12.2. The molecule has 0 aromatic heterocycles. The van der Waals surface area contributed by atoms with Crippen LogP contribution in [0.4, 0.5) is 13.2 Å². The Morgan fingerprint density at radius 1 is 1.23 bits per heavy atom. The van der Waals surface area contributed by atoms with Crippen molar-refractivity contribution in [3.8, 4) is 0 Å². The lowest BCUT2D eigenvalue weighted by Gasteiger charge is -2.35. The maximum atomic E-state index is 12.2. The van der Waals surface area contributed by atoms with Crippen molar-refractivity contribution in [3.63, 3.8) is 0 Å². The Morgan fingerprint density at radius 3 is 2.15 bits per heavy atom. The molecule has 1 unspecified atom stereocenters. The van der Waals surface area contributed by atoms with Crippen LogP contribution in [0.25, 0.3) is 0 Å². The summed E-state index contributed by atoms with van der Waals surface area (Å²) < 4.78 is 31.7. The summed E-state index contributed by atoms with van der Waals surface area (Å²) in [6.07, 6.45) is -4.73. The zero-order chi connectivity index (χ0) is 20.1. The van der Waals surface area contributed by atoms with E-state index in [1.165, 1.54) is 4.90 Å². The highest BCUT2D eigenvalue weighted by molar-refractivity contribution is 5.85. The van der Waals surface area contributed by atoms with Gasteiger partial charge in [-0.3, -0.25) is 4.79 Å². The van der Waals surface area contributed by atoms with Gasteiger partial charge in [0.2, 0.25) is 5.91 Å². The summed E-state index contributed by atoms with van der Waals surface area (Å²) in [5.74, 6) is -4.27. The lowest BCUT2D eigenvalue weighted by Crippen LogP contribution is -2.51. The summed E-state index contributed by atoms with van der Waals surface area (Å²) in [5.41, 5.74) is 7.51. The van der Waals surface area contributed by atoms with Crippen LogP contribution in [0.5, 0.6) is 0 Å². The molecule has 0 spiro atoms. The lowest BCUT2D eigenvalue weighted by molar-refractivity contribution is -0.192. The van der Waals surface area contributed by atoms with Crippen molar-refractivity contribution in [1.82, 2.24) is 4.90 Å². The van der Waals surface area contributed by atoms with E-state index >= 15 is 0 Å². The monoisotopic (exact) mass is 376 g/mol. The molecule has 2 atom stereocenters. The van der Waals surface area contributed by atoms with Crippen LogP contribution in [-0.2, 0) is 27.3 Å². The normalized spacial score (nSPS) is 17.4. The number of carboxylic acids is 2. The van der Waals surface area contributed by atoms with Gasteiger partial charge >= 0.3 is 18.1 Å². The van der Waals surface area contributed by atoms with Gasteiger partial charge in [-0.2, -0.15) is 13.2 Å². The second kappa shape index (κ2) is 8.65. The van der Waals surface area contributed by atoms with Gasteiger partial charge in [0.15, 0.2) is 0 Å². The average Bonchev–Trinajstić information content (AvgIpc) is 2.58. The van der Waals surface area contributed by atoms with Crippen LogP contribution in [0.3, 0.4) is 0 Å². The number of halogens is 3. The third-order valence-electron chi connectivity index (χ3n) is 3.83. The number of fused-ring (bicyclic) bond motifs is 1. The van der Waals surface area contributed by atoms with Crippen LogP contribution >= 0.6 is 0 Å². The molecule has 1 amide bonds. The molecule has 26 heavy (non-hydrogen) atoms. The lowest BCUT2D eigenvalue weighted by atomic mass is 9.93. The van der Waals surface area contributed by atoms with E-state index in [0.717, 1.165) is 11.1 Å². The number of alkyl halides is 3. The number of carbonyl (C=O) groups excluding carboxylic acids is 1. The molecule has 144 valence electrons. The van der Waals surface area contributed by atoms with Crippen molar-refractivity contribution in [2.24, 2.45) is 11.7 Å². The zero-order valence-electron chi connectivity index (χ0n) is 13.9. The largest absolute Gasteiger partial charge is 0.490 e. The molecule has 4 N–H and O–H groups in total. The molecule has 1 aromatic rings. The Labute approximate surface area is 147 Å². The summed E-state index contributed by atoms with van der Waals surface area (Å²) in [6, 6.07) is 6.84. The molecular weight excluding hydrogens is 357 g/mol. The van der Waals surface area contributed by atoms with Gasteiger partial charge in [0.1, 0.15) is 6.04 Å². The van der Waals surface area contributed by atoms with Gasteiger partial charge < -0.3 is 20.8 Å². The first-order valence-corrected chi connectivity index (χ1v) is 7.59. The zero-order valence-corrected chi connectivity index (χ0v) is 13.9. The number of aliphatic carboxylic acids is 2. The van der Waals surface area contributed by atoms with Gasteiger partial charge in [-0.15, -0.1) is 0 Å². The van der Waals surface area contributed by atoms with E-state index in [1.54, 1.807) is 6.92 Å². The SMILES string of the molecule is CC(CN)C(=O)N1Cc2ccccc2C[C@H]1C(=O)O.O=C(O)C(F)(F)F. The minimum Gasteiger partial charge on any atom is -0.480 e. The number of hydrogen-bond acceptors (Lipinski definition) is 4. The number of nitrogens with two attached hydrogens (primary N) is 1. The smallest absolute Gasteiger partial charge is 0.480 e. The minimum absolute atomic E-state index is 0.190. The molecule has 1 heterocycles. The summed E-state index contributed by atoms with van der Waals surface area (Å²) in [7, 11) is 0. The van der Waals surface area contributed by atoms with E-state index < -0.39 is 24.2 Å². The fourth-order valence-electron chi connectivity index (χ4n) is 2.36. The Kier molecular flexibility index (Phi) is 7.13. The van der Waals surface area contributed by atoms with E-state index in [1.807, 2.05) is 24.3 Å². The second-order valence-corrected chi connectivity index (χ2v) is 5.73. The van der Waals surface area contributed by atoms with E-state index in [9.17, 15) is 27.9 Å². The first-order valence-electron chi connectivity index (χ1n) is 7.59. The molecular formula is C16H19F3N2O5. The Balaban J connectivity index is 0.000000412. The molecule has 0 aliphatic carbocycles. The maximum Gasteiger partial charge on any atom is 0.490 e. The molecule has 1 aromatic carbocycles. The first kappa shape index (κ1) is 21.4. The van der Waals surface area contributed by atoms with E-state index in [0.29, 0.717) is 13.0 Å². The van der Waals surface area contributed by atoms with Gasteiger partial charge in [-0.05, 0) is 11.1 Å².